The van der Waals surface area contributed by atoms with Gasteiger partial charge in [0.2, 0.25) is 0 Å². The summed E-state index contributed by atoms with van der Waals surface area (Å²) in [4.78, 5) is 13.5. The topological polar surface area (TPSA) is 55.6 Å². The number of nitrogens with zero attached hydrogens (tertiary/aromatic N) is 1. The zero-order valence-electron chi connectivity index (χ0n) is 9.37. The van der Waals surface area contributed by atoms with Crippen molar-refractivity contribution >= 4 is 33.2 Å². The van der Waals surface area contributed by atoms with Crippen LogP contribution < -0.4 is 15.4 Å². The van der Waals surface area contributed by atoms with Crippen LogP contribution in [0.2, 0.25) is 0 Å². The van der Waals surface area contributed by atoms with Crippen molar-refractivity contribution in [2.45, 2.75) is 19.4 Å². The fourth-order valence-electron chi connectivity index (χ4n) is 1.86. The van der Waals surface area contributed by atoms with Crippen molar-refractivity contribution in [1.82, 2.24) is 0 Å². The summed E-state index contributed by atoms with van der Waals surface area (Å²) in [6, 6.07) is 3.57. The Morgan fingerprint density at radius 1 is 1.44 bits per heavy atom. The van der Waals surface area contributed by atoms with E-state index in [-0.39, 0.29) is 5.91 Å². The van der Waals surface area contributed by atoms with Crippen molar-refractivity contribution in [3.05, 3.63) is 16.6 Å². The van der Waals surface area contributed by atoms with Gasteiger partial charge in [-0.25, -0.2) is 0 Å². The number of fused-ring (bicyclic) bond motifs is 1. The molecule has 1 aliphatic heterocycles. The second-order valence-corrected chi connectivity index (χ2v) is 5.23. The predicted molar refractivity (Wildman–Crippen MR) is 66.7 cm³/mol. The minimum atomic E-state index is -0.852. The maximum absolute atomic E-state index is 12.0. The van der Waals surface area contributed by atoms with Crippen LogP contribution in [0.3, 0.4) is 0 Å². The third-order valence-corrected chi connectivity index (χ3v) is 3.05. The molecule has 1 amide bonds. The van der Waals surface area contributed by atoms with Crippen molar-refractivity contribution in [3.8, 4) is 5.75 Å². The van der Waals surface area contributed by atoms with E-state index in [0.717, 1.165) is 4.47 Å². The van der Waals surface area contributed by atoms with Gasteiger partial charge in [0.15, 0.2) is 5.60 Å². The molecule has 2 rings (SSSR count). The second-order valence-electron chi connectivity index (χ2n) is 4.32. The van der Waals surface area contributed by atoms with Gasteiger partial charge < -0.3 is 15.4 Å². The van der Waals surface area contributed by atoms with E-state index in [9.17, 15) is 4.79 Å². The zero-order chi connectivity index (χ0) is 12.1. The van der Waals surface area contributed by atoms with Gasteiger partial charge in [0.05, 0.1) is 5.69 Å². The van der Waals surface area contributed by atoms with Crippen LogP contribution >= 0.6 is 15.9 Å². The third kappa shape index (κ3) is 1.55. The van der Waals surface area contributed by atoms with Crippen LogP contribution in [0.4, 0.5) is 11.4 Å². The summed E-state index contributed by atoms with van der Waals surface area (Å²) in [6.45, 7) is 3.48. The van der Waals surface area contributed by atoms with Gasteiger partial charge >= 0.3 is 0 Å². The summed E-state index contributed by atoms with van der Waals surface area (Å²) in [5, 5.41) is 0. The van der Waals surface area contributed by atoms with Gasteiger partial charge in [-0.05, 0) is 26.0 Å². The number of ether oxygens (including phenoxy) is 1. The molecule has 16 heavy (non-hydrogen) atoms. The first-order chi connectivity index (χ1) is 7.33. The maximum atomic E-state index is 12.0. The van der Waals surface area contributed by atoms with Crippen LogP contribution in [0, 0.1) is 0 Å². The van der Waals surface area contributed by atoms with Gasteiger partial charge in [0, 0.05) is 11.5 Å². The van der Waals surface area contributed by atoms with Gasteiger partial charge in [-0.3, -0.25) is 4.79 Å². The summed E-state index contributed by atoms with van der Waals surface area (Å²) in [6.07, 6.45) is 0. The van der Waals surface area contributed by atoms with Crippen molar-refractivity contribution < 1.29 is 9.53 Å². The number of likely N-dealkylation sites (N-methyl/N-ethyl adjacent to an activating group) is 1. The monoisotopic (exact) mass is 284 g/mol. The fraction of sp³-hybridized carbons (Fsp3) is 0.364. The Morgan fingerprint density at radius 3 is 2.69 bits per heavy atom. The molecule has 0 saturated heterocycles. The number of hydrogen-bond acceptors (Lipinski definition) is 3. The normalized spacial score (nSPS) is 18.0. The minimum Gasteiger partial charge on any atom is -0.476 e. The molecule has 0 radical (unpaired) electrons. The Kier molecular flexibility index (Phi) is 2.38. The van der Waals surface area contributed by atoms with Crippen molar-refractivity contribution in [1.29, 1.82) is 0 Å². The molecule has 0 bridgehead atoms. The van der Waals surface area contributed by atoms with E-state index in [2.05, 4.69) is 15.9 Å². The van der Waals surface area contributed by atoms with Crippen molar-refractivity contribution in [2.75, 3.05) is 17.7 Å². The largest absolute Gasteiger partial charge is 0.476 e. The average Bonchev–Trinajstić information content (AvgIpc) is 2.12. The van der Waals surface area contributed by atoms with Gasteiger partial charge in [-0.15, -0.1) is 0 Å². The lowest BCUT2D eigenvalue weighted by Gasteiger charge is -2.37. The van der Waals surface area contributed by atoms with E-state index >= 15 is 0 Å². The fourth-order valence-corrected chi connectivity index (χ4v) is 2.31. The Labute approximate surface area is 102 Å². The summed E-state index contributed by atoms with van der Waals surface area (Å²) in [7, 11) is 1.70. The third-order valence-electron chi connectivity index (χ3n) is 2.59. The molecule has 0 spiro atoms. The predicted octanol–water partition coefficient (Wildman–Crippen LogP) is 2.17. The van der Waals surface area contributed by atoms with Crippen LogP contribution in [-0.4, -0.2) is 18.6 Å². The molecular weight excluding hydrogens is 272 g/mol. The molecule has 4 nitrogen and oxygen atoms in total. The van der Waals surface area contributed by atoms with Gasteiger partial charge in [-0.1, -0.05) is 15.9 Å². The zero-order valence-corrected chi connectivity index (χ0v) is 11.0. The number of amides is 1. The summed E-state index contributed by atoms with van der Waals surface area (Å²) >= 11 is 3.35. The number of carbonyl (C=O) groups is 1. The molecule has 86 valence electrons. The molecular formula is C11H13BrN2O2. The number of benzene rings is 1. The standard InChI is InChI=1S/C11H13BrN2O2/c1-11(2)10(15)14(3)9-7(13)4-6(12)5-8(9)16-11/h4-5H,13H2,1-3H3. The highest BCUT2D eigenvalue weighted by Gasteiger charge is 2.40. The molecule has 0 aliphatic carbocycles. The lowest BCUT2D eigenvalue weighted by atomic mass is 10.0. The van der Waals surface area contributed by atoms with E-state index in [1.807, 2.05) is 6.07 Å². The molecule has 1 heterocycles. The number of hydrogen-bond donors (Lipinski definition) is 1. The first-order valence-electron chi connectivity index (χ1n) is 4.89. The molecule has 0 saturated carbocycles. The molecule has 0 atom stereocenters. The summed E-state index contributed by atoms with van der Waals surface area (Å²) < 4.78 is 6.50. The average molecular weight is 285 g/mol. The maximum Gasteiger partial charge on any atom is 0.270 e. The Bertz CT molecular complexity index is 471. The van der Waals surface area contributed by atoms with E-state index < -0.39 is 5.60 Å². The van der Waals surface area contributed by atoms with Crippen LogP contribution in [0.25, 0.3) is 0 Å². The molecule has 0 unspecified atom stereocenters. The van der Waals surface area contributed by atoms with Crippen LogP contribution in [-0.2, 0) is 4.79 Å². The van der Waals surface area contributed by atoms with Crippen LogP contribution in [0.1, 0.15) is 13.8 Å². The number of rotatable bonds is 0. The number of nitrogens with two attached hydrogens (primary N) is 1. The molecule has 5 heteroatoms. The van der Waals surface area contributed by atoms with E-state index in [1.54, 1.807) is 31.9 Å². The molecule has 1 aromatic carbocycles. The number of halogens is 1. The van der Waals surface area contributed by atoms with Crippen molar-refractivity contribution in [3.63, 3.8) is 0 Å². The number of carbonyl (C=O) groups excluding carboxylic acids is 1. The highest BCUT2D eigenvalue weighted by atomic mass is 79.9. The molecule has 0 fully saturated rings. The lowest BCUT2D eigenvalue weighted by Crippen LogP contribution is -2.51. The number of anilines is 2. The highest BCUT2D eigenvalue weighted by molar-refractivity contribution is 9.10. The first kappa shape index (κ1) is 11.3. The second kappa shape index (κ2) is 3.38. The first-order valence-corrected chi connectivity index (χ1v) is 5.68. The van der Waals surface area contributed by atoms with Crippen LogP contribution in [0.5, 0.6) is 5.75 Å². The summed E-state index contributed by atoms with van der Waals surface area (Å²) in [5.41, 5.74) is 6.18. The quantitative estimate of drug-likeness (QED) is 0.743. The Morgan fingerprint density at radius 2 is 2.06 bits per heavy atom. The van der Waals surface area contributed by atoms with Gasteiger partial charge in [0.25, 0.3) is 5.91 Å². The molecule has 1 aromatic rings. The van der Waals surface area contributed by atoms with E-state index in [4.69, 9.17) is 10.5 Å². The smallest absolute Gasteiger partial charge is 0.270 e. The Hall–Kier alpha value is -1.23. The van der Waals surface area contributed by atoms with Gasteiger partial charge in [0.1, 0.15) is 11.4 Å². The van der Waals surface area contributed by atoms with Crippen molar-refractivity contribution in [2.24, 2.45) is 0 Å². The number of nitrogen functional groups attached to an aromatic ring is 1. The van der Waals surface area contributed by atoms with E-state index in [1.165, 1.54) is 0 Å². The molecule has 1 aliphatic rings. The Balaban J connectivity index is 2.64. The van der Waals surface area contributed by atoms with E-state index in [0.29, 0.717) is 17.1 Å². The van der Waals surface area contributed by atoms with Crippen LogP contribution in [0.15, 0.2) is 16.6 Å². The molecule has 0 aromatic heterocycles. The summed E-state index contributed by atoms with van der Waals surface area (Å²) in [5.74, 6) is 0.521. The van der Waals surface area contributed by atoms with Gasteiger partial charge in [-0.2, -0.15) is 0 Å². The lowest BCUT2D eigenvalue weighted by molar-refractivity contribution is -0.132. The minimum absolute atomic E-state index is 0.103. The molecule has 2 N–H and O–H groups in total. The SMILES string of the molecule is CN1C(=O)C(C)(C)Oc2cc(Br)cc(N)c21. The highest BCUT2D eigenvalue weighted by Crippen LogP contribution is 2.42.